The van der Waals surface area contributed by atoms with Crippen molar-refractivity contribution in [2.75, 3.05) is 6.61 Å². The summed E-state index contributed by atoms with van der Waals surface area (Å²) in [5.41, 5.74) is 0. The highest BCUT2D eigenvalue weighted by molar-refractivity contribution is 5.78. The van der Waals surface area contributed by atoms with Crippen LogP contribution in [0, 0.1) is 0 Å². The van der Waals surface area contributed by atoms with Gasteiger partial charge in [0, 0.05) is 12.8 Å². The van der Waals surface area contributed by atoms with Gasteiger partial charge in [-0.05, 0) is 12.8 Å². The molecular formula is C8H15O2. The number of ketones is 1. The summed E-state index contributed by atoms with van der Waals surface area (Å²) in [7, 11) is 0. The molecule has 0 fully saturated rings. The molecule has 0 aromatic rings. The molecule has 0 aliphatic carbocycles. The summed E-state index contributed by atoms with van der Waals surface area (Å²) in [6.07, 6.45) is 3.70. The molecule has 0 saturated heterocycles. The zero-order valence-electron chi connectivity index (χ0n) is 6.56. The van der Waals surface area contributed by atoms with E-state index in [2.05, 4.69) is 6.92 Å². The first kappa shape index (κ1) is 9.63. The summed E-state index contributed by atoms with van der Waals surface area (Å²) in [6, 6.07) is 0. The lowest BCUT2D eigenvalue weighted by Crippen LogP contribution is -1.97. The molecule has 0 atom stereocenters. The fraction of sp³-hybridized carbons (Fsp3) is 0.875. The molecule has 2 nitrogen and oxygen atoms in total. The van der Waals surface area contributed by atoms with E-state index in [4.69, 9.17) is 0 Å². The number of hydrogen-bond donors (Lipinski definition) is 0. The molecular weight excluding hydrogens is 128 g/mol. The van der Waals surface area contributed by atoms with Gasteiger partial charge in [-0.2, -0.15) is 0 Å². The van der Waals surface area contributed by atoms with Gasteiger partial charge in [0.05, 0.1) is 6.61 Å². The van der Waals surface area contributed by atoms with E-state index in [0.29, 0.717) is 19.3 Å². The van der Waals surface area contributed by atoms with Gasteiger partial charge < -0.3 is 0 Å². The maximum Gasteiger partial charge on any atom is 0.133 e. The summed E-state index contributed by atoms with van der Waals surface area (Å²) < 4.78 is 0. The molecule has 0 aliphatic heterocycles. The van der Waals surface area contributed by atoms with Crippen molar-refractivity contribution in [2.45, 2.75) is 39.0 Å². The molecule has 0 aromatic carbocycles. The second-order valence-electron chi connectivity index (χ2n) is 2.45. The fourth-order valence-electron chi connectivity index (χ4n) is 0.768. The van der Waals surface area contributed by atoms with Crippen LogP contribution >= 0.6 is 0 Å². The van der Waals surface area contributed by atoms with Gasteiger partial charge in [-0.1, -0.05) is 13.3 Å². The zero-order chi connectivity index (χ0) is 7.82. The maximum atomic E-state index is 10.8. The Bertz CT molecular complexity index is 79.3. The van der Waals surface area contributed by atoms with E-state index in [1.807, 2.05) is 0 Å². The lowest BCUT2D eigenvalue weighted by Gasteiger charge is -1.95. The van der Waals surface area contributed by atoms with Crippen LogP contribution in [-0.2, 0) is 9.90 Å². The van der Waals surface area contributed by atoms with Crippen LogP contribution in [0.3, 0.4) is 0 Å². The van der Waals surface area contributed by atoms with Crippen molar-refractivity contribution in [1.82, 2.24) is 0 Å². The monoisotopic (exact) mass is 143 g/mol. The minimum atomic E-state index is -0.113. The van der Waals surface area contributed by atoms with Crippen molar-refractivity contribution < 1.29 is 9.90 Å². The maximum absolute atomic E-state index is 10.8. The van der Waals surface area contributed by atoms with Gasteiger partial charge in [-0.3, -0.25) is 4.79 Å². The van der Waals surface area contributed by atoms with Crippen molar-refractivity contribution in [3.05, 3.63) is 0 Å². The number of carbonyl (C=O) groups excluding carboxylic acids is 1. The van der Waals surface area contributed by atoms with E-state index in [0.717, 1.165) is 12.8 Å². The number of rotatable bonds is 6. The normalized spacial score (nSPS) is 9.80. The van der Waals surface area contributed by atoms with Gasteiger partial charge >= 0.3 is 0 Å². The van der Waals surface area contributed by atoms with Crippen LogP contribution in [0.25, 0.3) is 0 Å². The van der Waals surface area contributed by atoms with Crippen LogP contribution in [0.4, 0.5) is 0 Å². The molecule has 0 bridgehead atoms. The van der Waals surface area contributed by atoms with Crippen LogP contribution in [0.1, 0.15) is 39.0 Å². The molecule has 10 heavy (non-hydrogen) atoms. The predicted octanol–water partition coefficient (Wildman–Crippen LogP) is 1.96. The molecule has 0 saturated carbocycles. The second-order valence-corrected chi connectivity index (χ2v) is 2.45. The van der Waals surface area contributed by atoms with Gasteiger partial charge in [0.2, 0.25) is 0 Å². The van der Waals surface area contributed by atoms with Crippen molar-refractivity contribution in [2.24, 2.45) is 0 Å². The Morgan fingerprint density at radius 3 is 2.30 bits per heavy atom. The van der Waals surface area contributed by atoms with Crippen molar-refractivity contribution in [3.63, 3.8) is 0 Å². The molecule has 2 heteroatoms. The number of Topliss-reactive ketones (excluding diaryl/α,β-unsaturated/α-hetero) is 1. The SMILES string of the molecule is CCCCC(=O)CCC[O]. The Morgan fingerprint density at radius 2 is 1.80 bits per heavy atom. The summed E-state index contributed by atoms with van der Waals surface area (Å²) in [6.45, 7) is 1.94. The third-order valence-corrected chi connectivity index (χ3v) is 1.41. The number of unbranched alkanes of at least 4 members (excludes halogenated alkanes) is 1. The Labute approximate surface area is 62.2 Å². The van der Waals surface area contributed by atoms with E-state index in [-0.39, 0.29) is 12.4 Å². The Kier molecular flexibility index (Phi) is 6.50. The first-order valence-corrected chi connectivity index (χ1v) is 3.91. The van der Waals surface area contributed by atoms with Crippen molar-refractivity contribution >= 4 is 5.78 Å². The summed E-state index contributed by atoms with van der Waals surface area (Å²) in [5.74, 6) is 0.248. The Balaban J connectivity index is 3.09. The van der Waals surface area contributed by atoms with Gasteiger partial charge in [0.1, 0.15) is 5.78 Å². The Hall–Kier alpha value is -0.370. The predicted molar refractivity (Wildman–Crippen MR) is 39.3 cm³/mol. The van der Waals surface area contributed by atoms with Crippen LogP contribution in [0.15, 0.2) is 0 Å². The highest BCUT2D eigenvalue weighted by Crippen LogP contribution is 2.00. The van der Waals surface area contributed by atoms with Gasteiger partial charge in [-0.25, -0.2) is 5.11 Å². The molecule has 1 radical (unpaired) electrons. The molecule has 0 N–H and O–H groups in total. The highest BCUT2D eigenvalue weighted by atomic mass is 16.3. The molecule has 0 spiro atoms. The third kappa shape index (κ3) is 5.76. The lowest BCUT2D eigenvalue weighted by molar-refractivity contribution is -0.119. The lowest BCUT2D eigenvalue weighted by atomic mass is 10.1. The summed E-state index contributed by atoms with van der Waals surface area (Å²) >= 11 is 0. The first-order chi connectivity index (χ1) is 4.81. The van der Waals surface area contributed by atoms with E-state index in [1.54, 1.807) is 0 Å². The largest absolute Gasteiger partial charge is 0.300 e. The van der Waals surface area contributed by atoms with E-state index in [1.165, 1.54) is 0 Å². The third-order valence-electron chi connectivity index (χ3n) is 1.41. The zero-order valence-corrected chi connectivity index (χ0v) is 6.56. The molecule has 0 aromatic heterocycles. The number of hydrogen-bond acceptors (Lipinski definition) is 1. The van der Waals surface area contributed by atoms with Crippen LogP contribution in [0.2, 0.25) is 0 Å². The minimum Gasteiger partial charge on any atom is -0.300 e. The molecule has 0 aliphatic rings. The van der Waals surface area contributed by atoms with E-state index < -0.39 is 0 Å². The van der Waals surface area contributed by atoms with Gasteiger partial charge in [0.25, 0.3) is 0 Å². The average Bonchev–Trinajstić information content (AvgIpc) is 1.97. The van der Waals surface area contributed by atoms with Crippen molar-refractivity contribution in [1.29, 1.82) is 0 Å². The topological polar surface area (TPSA) is 37.0 Å². The molecule has 0 amide bonds. The van der Waals surface area contributed by atoms with Crippen LogP contribution in [0.5, 0.6) is 0 Å². The highest BCUT2D eigenvalue weighted by Gasteiger charge is 1.99. The van der Waals surface area contributed by atoms with E-state index in [9.17, 15) is 9.90 Å². The summed E-state index contributed by atoms with van der Waals surface area (Å²) in [5, 5.41) is 9.96. The first-order valence-electron chi connectivity index (χ1n) is 3.91. The van der Waals surface area contributed by atoms with E-state index >= 15 is 0 Å². The molecule has 59 valence electrons. The standard InChI is InChI=1S/C8H15O2/c1-2-3-5-8(10)6-4-7-9/h2-7H2,1H3. The average molecular weight is 143 g/mol. The smallest absolute Gasteiger partial charge is 0.133 e. The second kappa shape index (κ2) is 6.75. The Morgan fingerprint density at radius 1 is 1.20 bits per heavy atom. The summed E-state index contributed by atoms with van der Waals surface area (Å²) in [4.78, 5) is 10.8. The minimum absolute atomic E-state index is 0.113. The number of carbonyl (C=O) groups is 1. The molecule has 0 rings (SSSR count). The quantitative estimate of drug-likeness (QED) is 0.560. The van der Waals surface area contributed by atoms with Crippen molar-refractivity contribution in [3.8, 4) is 0 Å². The van der Waals surface area contributed by atoms with Gasteiger partial charge in [-0.15, -0.1) is 0 Å². The van der Waals surface area contributed by atoms with Crippen LogP contribution < -0.4 is 0 Å². The van der Waals surface area contributed by atoms with Gasteiger partial charge in [0.15, 0.2) is 0 Å². The van der Waals surface area contributed by atoms with Crippen LogP contribution in [-0.4, -0.2) is 12.4 Å². The fourth-order valence-corrected chi connectivity index (χ4v) is 0.768. The molecule has 0 heterocycles. The molecule has 0 unspecified atom stereocenters.